The lowest BCUT2D eigenvalue weighted by molar-refractivity contribution is -0.384. The predicted octanol–water partition coefficient (Wildman–Crippen LogP) is 2.16. The third-order valence-corrected chi connectivity index (χ3v) is 7.25. The van der Waals surface area contributed by atoms with Crippen LogP contribution in [0.15, 0.2) is 46.0 Å². The van der Waals surface area contributed by atoms with Gasteiger partial charge in [0.2, 0.25) is 0 Å². The first-order valence-corrected chi connectivity index (χ1v) is 9.78. The quantitative estimate of drug-likeness (QED) is 0.597. The van der Waals surface area contributed by atoms with Gasteiger partial charge in [-0.3, -0.25) is 15.0 Å². The molecule has 0 unspecified atom stereocenters. The number of benzene rings is 1. The van der Waals surface area contributed by atoms with E-state index in [9.17, 15) is 18.5 Å². The van der Waals surface area contributed by atoms with Crippen molar-refractivity contribution in [2.75, 3.05) is 26.2 Å². The molecule has 0 atom stereocenters. The summed E-state index contributed by atoms with van der Waals surface area (Å²) in [7, 11) is -3.38. The lowest BCUT2D eigenvalue weighted by Crippen LogP contribution is -2.48. The van der Waals surface area contributed by atoms with Crippen molar-refractivity contribution >= 4 is 27.0 Å². The Hall–Kier alpha value is -1.81. The number of hydrogen-bond acceptors (Lipinski definition) is 6. The molecule has 0 spiro atoms. The molecule has 0 bridgehead atoms. The zero-order valence-corrected chi connectivity index (χ0v) is 14.5. The van der Waals surface area contributed by atoms with Crippen LogP contribution in [0.4, 0.5) is 5.69 Å². The first kappa shape index (κ1) is 17.0. The highest BCUT2D eigenvalue weighted by atomic mass is 32.2. The van der Waals surface area contributed by atoms with Crippen molar-refractivity contribution in [3.63, 3.8) is 0 Å². The molecule has 3 rings (SSSR count). The van der Waals surface area contributed by atoms with Gasteiger partial charge in [-0.1, -0.05) is 18.2 Å². The lowest BCUT2D eigenvalue weighted by atomic mass is 10.2. The Morgan fingerprint density at radius 3 is 2.29 bits per heavy atom. The summed E-state index contributed by atoms with van der Waals surface area (Å²) >= 11 is 1.23. The maximum Gasteiger partial charge on any atom is 0.269 e. The molecule has 1 aromatic carbocycles. The fourth-order valence-electron chi connectivity index (χ4n) is 2.65. The molecule has 2 heterocycles. The highest BCUT2D eigenvalue weighted by Gasteiger charge is 2.29. The normalized spacial score (nSPS) is 17.0. The van der Waals surface area contributed by atoms with Crippen LogP contribution in [0, 0.1) is 10.1 Å². The second-order valence-electron chi connectivity index (χ2n) is 5.54. The van der Waals surface area contributed by atoms with Gasteiger partial charge in [0.25, 0.3) is 15.7 Å². The van der Waals surface area contributed by atoms with E-state index in [0.29, 0.717) is 36.9 Å². The van der Waals surface area contributed by atoms with Gasteiger partial charge in [-0.2, -0.15) is 4.31 Å². The van der Waals surface area contributed by atoms with Gasteiger partial charge in [0.1, 0.15) is 4.21 Å². The van der Waals surface area contributed by atoms with E-state index in [4.69, 9.17) is 0 Å². The number of nitro benzene ring substituents is 1. The molecule has 1 aliphatic heterocycles. The summed E-state index contributed by atoms with van der Waals surface area (Å²) in [4.78, 5) is 12.4. The van der Waals surface area contributed by atoms with Gasteiger partial charge >= 0.3 is 0 Å². The molecule has 24 heavy (non-hydrogen) atoms. The first-order chi connectivity index (χ1) is 11.5. The van der Waals surface area contributed by atoms with E-state index in [1.807, 2.05) is 0 Å². The maximum absolute atomic E-state index is 12.5. The van der Waals surface area contributed by atoms with Crippen LogP contribution in [-0.2, 0) is 16.6 Å². The Labute approximate surface area is 144 Å². The molecular weight excluding hydrogens is 350 g/mol. The second-order valence-corrected chi connectivity index (χ2v) is 8.65. The molecule has 7 nitrogen and oxygen atoms in total. The SMILES string of the molecule is O=[N+]([O-])c1ccc(CN2CCN(S(=O)(=O)c3cccs3)CC2)cc1. The number of thiophene rings is 1. The van der Waals surface area contributed by atoms with Crippen molar-refractivity contribution in [1.29, 1.82) is 0 Å². The van der Waals surface area contributed by atoms with Gasteiger partial charge in [0, 0.05) is 44.9 Å². The van der Waals surface area contributed by atoms with Crippen LogP contribution in [0.25, 0.3) is 0 Å². The number of sulfonamides is 1. The van der Waals surface area contributed by atoms with Crippen molar-refractivity contribution in [2.24, 2.45) is 0 Å². The summed E-state index contributed by atoms with van der Waals surface area (Å²) in [6.07, 6.45) is 0. The van der Waals surface area contributed by atoms with Crippen LogP contribution in [-0.4, -0.2) is 48.7 Å². The molecule has 0 N–H and O–H groups in total. The van der Waals surface area contributed by atoms with Gasteiger partial charge in [0.15, 0.2) is 0 Å². The molecule has 0 aliphatic carbocycles. The third-order valence-electron chi connectivity index (χ3n) is 3.97. The fourth-order valence-corrected chi connectivity index (χ4v) is 5.21. The van der Waals surface area contributed by atoms with Crippen LogP contribution in [0.5, 0.6) is 0 Å². The number of non-ortho nitro benzene ring substituents is 1. The lowest BCUT2D eigenvalue weighted by Gasteiger charge is -2.33. The van der Waals surface area contributed by atoms with E-state index >= 15 is 0 Å². The molecule has 2 aromatic rings. The number of piperazine rings is 1. The Bertz CT molecular complexity index is 796. The highest BCUT2D eigenvalue weighted by molar-refractivity contribution is 7.91. The van der Waals surface area contributed by atoms with E-state index in [0.717, 1.165) is 5.56 Å². The molecular formula is C15H17N3O4S2. The molecule has 128 valence electrons. The van der Waals surface area contributed by atoms with Crippen molar-refractivity contribution in [3.05, 3.63) is 57.5 Å². The summed E-state index contributed by atoms with van der Waals surface area (Å²) < 4.78 is 26.8. The highest BCUT2D eigenvalue weighted by Crippen LogP contribution is 2.22. The topological polar surface area (TPSA) is 83.8 Å². The molecule has 0 amide bonds. The summed E-state index contributed by atoms with van der Waals surface area (Å²) in [5.74, 6) is 0. The molecule has 1 aromatic heterocycles. The van der Waals surface area contributed by atoms with Crippen LogP contribution in [0.3, 0.4) is 0 Å². The molecule has 0 radical (unpaired) electrons. The number of rotatable bonds is 5. The maximum atomic E-state index is 12.5. The number of nitrogens with zero attached hydrogens (tertiary/aromatic N) is 3. The van der Waals surface area contributed by atoms with E-state index in [-0.39, 0.29) is 5.69 Å². The molecule has 9 heteroatoms. The van der Waals surface area contributed by atoms with Gasteiger partial charge < -0.3 is 0 Å². The van der Waals surface area contributed by atoms with E-state index in [1.54, 1.807) is 29.6 Å². The Balaban J connectivity index is 1.58. The van der Waals surface area contributed by atoms with Crippen molar-refractivity contribution in [3.8, 4) is 0 Å². The Morgan fingerprint density at radius 2 is 1.75 bits per heavy atom. The minimum absolute atomic E-state index is 0.0746. The number of hydrogen-bond donors (Lipinski definition) is 0. The van der Waals surface area contributed by atoms with Crippen LogP contribution >= 0.6 is 11.3 Å². The van der Waals surface area contributed by atoms with Crippen LogP contribution in [0.1, 0.15) is 5.56 Å². The minimum Gasteiger partial charge on any atom is -0.296 e. The van der Waals surface area contributed by atoms with Gasteiger partial charge in [0.05, 0.1) is 4.92 Å². The summed E-state index contributed by atoms with van der Waals surface area (Å²) in [5, 5.41) is 12.4. The average Bonchev–Trinajstić information content (AvgIpc) is 3.11. The summed E-state index contributed by atoms with van der Waals surface area (Å²) in [5.41, 5.74) is 1.06. The zero-order chi connectivity index (χ0) is 17.2. The van der Waals surface area contributed by atoms with Crippen LogP contribution in [0.2, 0.25) is 0 Å². The molecule has 1 aliphatic rings. The second kappa shape index (κ2) is 6.98. The van der Waals surface area contributed by atoms with Crippen molar-refractivity contribution in [2.45, 2.75) is 10.8 Å². The summed E-state index contributed by atoms with van der Waals surface area (Å²) in [6.45, 7) is 2.84. The largest absolute Gasteiger partial charge is 0.296 e. The third kappa shape index (κ3) is 3.64. The first-order valence-electron chi connectivity index (χ1n) is 7.46. The predicted molar refractivity (Wildman–Crippen MR) is 91.5 cm³/mol. The molecule has 1 saturated heterocycles. The molecule has 1 fully saturated rings. The molecule has 0 saturated carbocycles. The smallest absolute Gasteiger partial charge is 0.269 e. The zero-order valence-electron chi connectivity index (χ0n) is 12.9. The fraction of sp³-hybridized carbons (Fsp3) is 0.333. The standard InChI is InChI=1S/C15H17N3O4S2/c19-18(20)14-5-3-13(4-6-14)12-16-7-9-17(10-8-16)24(21,22)15-2-1-11-23-15/h1-6,11H,7-10,12H2. The monoisotopic (exact) mass is 367 g/mol. The summed E-state index contributed by atoms with van der Waals surface area (Å²) in [6, 6.07) is 9.84. The van der Waals surface area contributed by atoms with Gasteiger partial charge in [-0.15, -0.1) is 11.3 Å². The Kier molecular flexibility index (Phi) is 4.95. The van der Waals surface area contributed by atoms with Crippen molar-refractivity contribution in [1.82, 2.24) is 9.21 Å². The average molecular weight is 367 g/mol. The van der Waals surface area contributed by atoms with E-state index in [1.165, 1.54) is 27.8 Å². The van der Waals surface area contributed by atoms with Gasteiger partial charge in [-0.05, 0) is 17.0 Å². The van der Waals surface area contributed by atoms with Crippen LogP contribution < -0.4 is 0 Å². The number of nitro groups is 1. The van der Waals surface area contributed by atoms with Gasteiger partial charge in [-0.25, -0.2) is 8.42 Å². The minimum atomic E-state index is -3.38. The van der Waals surface area contributed by atoms with E-state index < -0.39 is 14.9 Å². The van der Waals surface area contributed by atoms with E-state index in [2.05, 4.69) is 4.90 Å². The Morgan fingerprint density at radius 1 is 1.08 bits per heavy atom. The van der Waals surface area contributed by atoms with Crippen molar-refractivity contribution < 1.29 is 13.3 Å².